The van der Waals surface area contributed by atoms with Gasteiger partial charge in [-0.05, 0) is 59.5 Å². The van der Waals surface area contributed by atoms with E-state index in [9.17, 15) is 24.6 Å². The number of amides is 3. The molecule has 9 nitrogen and oxygen atoms in total. The average molecular weight is 545 g/mol. The van der Waals surface area contributed by atoms with Crippen LogP contribution in [-0.2, 0) is 19.1 Å². The number of halogens is 1. The predicted molar refractivity (Wildman–Crippen MR) is 114 cm³/mol. The molecule has 2 saturated heterocycles. The summed E-state index contributed by atoms with van der Waals surface area (Å²) in [5.74, 6) is -5.14. The summed E-state index contributed by atoms with van der Waals surface area (Å²) in [6.45, 7) is 1.89. The van der Waals surface area contributed by atoms with Crippen LogP contribution in [0.2, 0.25) is 0 Å². The predicted octanol–water partition coefficient (Wildman–Crippen LogP) is 2.57. The van der Waals surface area contributed by atoms with Crippen molar-refractivity contribution in [3.05, 3.63) is 21.3 Å². The number of hydrogen-bond acceptors (Lipinski definition) is 8. The van der Waals surface area contributed by atoms with E-state index < -0.39 is 47.6 Å². The van der Waals surface area contributed by atoms with Crippen LogP contribution in [0.3, 0.4) is 0 Å². The van der Waals surface area contributed by atoms with Crippen molar-refractivity contribution in [1.29, 1.82) is 0 Å². The number of aliphatic hydroxyl groups is 1. The lowest BCUT2D eigenvalue weighted by Gasteiger charge is -2.44. The molecule has 0 bridgehead atoms. The number of imide groups is 3. The molecule has 2 aliphatic heterocycles. The highest BCUT2D eigenvalue weighted by molar-refractivity contribution is 14.1. The number of methoxy groups -OCH3 is 2. The molecule has 3 aliphatic rings. The van der Waals surface area contributed by atoms with Crippen molar-refractivity contribution in [1.82, 2.24) is 4.90 Å². The summed E-state index contributed by atoms with van der Waals surface area (Å²) in [4.78, 5) is 38.5. The fraction of sp³-hybridized carbons (Fsp3) is 0.571. The molecule has 4 rings (SSSR count). The van der Waals surface area contributed by atoms with E-state index >= 15 is 0 Å². The average Bonchev–Trinajstić information content (AvgIpc) is 3.23. The van der Waals surface area contributed by atoms with E-state index in [-0.39, 0.29) is 30.3 Å². The molecule has 3 fully saturated rings. The smallest absolute Gasteiger partial charge is 0.423 e. The fourth-order valence-electron chi connectivity index (χ4n) is 5.36. The number of phenols is 1. The van der Waals surface area contributed by atoms with Crippen LogP contribution in [-0.4, -0.2) is 53.0 Å². The Morgan fingerprint density at radius 2 is 2.00 bits per heavy atom. The third-order valence-electron chi connectivity index (χ3n) is 6.86. The quantitative estimate of drug-likeness (QED) is 0.439. The van der Waals surface area contributed by atoms with Gasteiger partial charge in [-0.3, -0.25) is 9.59 Å². The minimum Gasteiger partial charge on any atom is -0.504 e. The van der Waals surface area contributed by atoms with Gasteiger partial charge >= 0.3 is 6.09 Å². The molecule has 2 heterocycles. The van der Waals surface area contributed by atoms with Crippen molar-refractivity contribution in [3.63, 3.8) is 0 Å². The van der Waals surface area contributed by atoms with E-state index in [2.05, 4.69) is 4.74 Å². The summed E-state index contributed by atoms with van der Waals surface area (Å²) in [5, 5.41) is 21.7. The van der Waals surface area contributed by atoms with Gasteiger partial charge in [0.25, 0.3) is 0 Å². The van der Waals surface area contributed by atoms with Crippen LogP contribution in [0.4, 0.5) is 4.79 Å². The number of carbonyl (C=O) groups is 3. The number of carbonyl (C=O) groups excluding carboxylic acids is 3. The Morgan fingerprint density at radius 3 is 2.61 bits per heavy atom. The third kappa shape index (κ3) is 3.21. The van der Waals surface area contributed by atoms with Crippen LogP contribution >= 0.6 is 22.6 Å². The molecule has 3 amide bonds. The Labute approximate surface area is 192 Å². The van der Waals surface area contributed by atoms with Crippen LogP contribution in [0.1, 0.15) is 37.9 Å². The Kier molecular flexibility index (Phi) is 5.67. The second kappa shape index (κ2) is 7.89. The molecule has 0 unspecified atom stereocenters. The highest BCUT2D eigenvalue weighted by Crippen LogP contribution is 2.59. The standard InChI is InChI=1S/C21H24INO8/c1-4-10-7-11-16(19(26)23(18(11)25)20(27)30-3)12-8-14(31-21(10,12)28)9-5-13(22)17(24)15(6-9)29-2/h5-6,10-12,14,16,24,28H,4,7-8H2,1-3H3/t10-,11-,12-,14-,16-,21+/m0/s1. The fourth-order valence-corrected chi connectivity index (χ4v) is 5.99. The molecule has 0 aromatic heterocycles. The number of ether oxygens (including phenoxy) is 3. The maximum atomic E-state index is 13.1. The van der Waals surface area contributed by atoms with Gasteiger partial charge in [-0.15, -0.1) is 0 Å². The second-order valence-electron chi connectivity index (χ2n) is 8.21. The van der Waals surface area contributed by atoms with E-state index in [1.807, 2.05) is 29.5 Å². The topological polar surface area (TPSA) is 123 Å². The van der Waals surface area contributed by atoms with Gasteiger partial charge in [0.2, 0.25) is 11.8 Å². The molecule has 168 valence electrons. The van der Waals surface area contributed by atoms with E-state index in [1.54, 1.807) is 12.1 Å². The van der Waals surface area contributed by atoms with E-state index in [0.717, 1.165) is 7.11 Å². The van der Waals surface area contributed by atoms with E-state index in [1.165, 1.54) is 7.11 Å². The van der Waals surface area contributed by atoms with Crippen molar-refractivity contribution >= 4 is 40.5 Å². The number of benzene rings is 1. The lowest BCUT2D eigenvalue weighted by Crippen LogP contribution is -2.53. The second-order valence-corrected chi connectivity index (χ2v) is 9.37. The molecule has 0 spiro atoms. The van der Waals surface area contributed by atoms with Gasteiger partial charge in [0.15, 0.2) is 17.3 Å². The number of fused-ring (bicyclic) bond motifs is 3. The van der Waals surface area contributed by atoms with Gasteiger partial charge in [-0.25, -0.2) is 4.79 Å². The van der Waals surface area contributed by atoms with Gasteiger partial charge in [0, 0.05) is 11.8 Å². The van der Waals surface area contributed by atoms with Crippen molar-refractivity contribution < 1.29 is 38.8 Å². The molecule has 31 heavy (non-hydrogen) atoms. The minimum atomic E-state index is -1.61. The number of aromatic hydroxyl groups is 1. The Morgan fingerprint density at radius 1 is 1.29 bits per heavy atom. The first-order chi connectivity index (χ1) is 14.7. The van der Waals surface area contributed by atoms with Crippen molar-refractivity contribution in [2.75, 3.05) is 14.2 Å². The molecular formula is C21H24INO8. The van der Waals surface area contributed by atoms with Gasteiger partial charge in [-0.1, -0.05) is 6.92 Å². The summed E-state index contributed by atoms with van der Waals surface area (Å²) in [7, 11) is 2.56. The first-order valence-corrected chi connectivity index (χ1v) is 11.2. The molecule has 2 N–H and O–H groups in total. The minimum absolute atomic E-state index is 0.0118. The SMILES string of the molecule is CC[C@H]1C[C@@H]2C(=O)N(C(=O)OC)C(=O)[C@@H]2[C@@H]2C[C@@H](c3cc(I)c(O)c(OC)c3)O[C@]12O. The number of phenolic OH excluding ortho intramolecular Hbond substituents is 1. The molecule has 1 aliphatic carbocycles. The van der Waals surface area contributed by atoms with Crippen LogP contribution in [0.5, 0.6) is 11.5 Å². The first-order valence-electron chi connectivity index (χ1n) is 10.1. The highest BCUT2D eigenvalue weighted by Gasteiger charge is 2.67. The third-order valence-corrected chi connectivity index (χ3v) is 7.68. The molecule has 1 aromatic carbocycles. The number of likely N-dealkylation sites (tertiary alicyclic amines) is 1. The maximum absolute atomic E-state index is 13.1. The number of rotatable bonds is 3. The number of nitrogens with zero attached hydrogens (tertiary/aromatic N) is 1. The molecule has 6 atom stereocenters. The monoisotopic (exact) mass is 545 g/mol. The van der Waals surface area contributed by atoms with Crippen molar-refractivity contribution in [3.8, 4) is 11.5 Å². The van der Waals surface area contributed by atoms with E-state index in [4.69, 9.17) is 9.47 Å². The summed E-state index contributed by atoms with van der Waals surface area (Å²) >= 11 is 1.98. The number of hydrogen-bond donors (Lipinski definition) is 2. The van der Waals surface area contributed by atoms with E-state index in [0.29, 0.717) is 20.5 Å². The lowest BCUT2D eigenvalue weighted by atomic mass is 9.64. The Bertz CT molecular complexity index is 952. The normalized spacial score (nSPS) is 34.5. The molecule has 1 saturated carbocycles. The Balaban J connectivity index is 1.73. The van der Waals surface area contributed by atoms with Gasteiger partial charge in [0.05, 0.1) is 35.7 Å². The Hall–Kier alpha value is -1.92. The van der Waals surface area contributed by atoms with Crippen LogP contribution < -0.4 is 4.74 Å². The molecule has 1 aromatic rings. The first kappa shape index (κ1) is 22.3. The summed E-state index contributed by atoms with van der Waals surface area (Å²) in [5.41, 5.74) is 0.690. The summed E-state index contributed by atoms with van der Waals surface area (Å²) in [6, 6.07) is 3.38. The van der Waals surface area contributed by atoms with Gasteiger partial charge < -0.3 is 24.4 Å². The zero-order chi connectivity index (χ0) is 22.7. The van der Waals surface area contributed by atoms with Gasteiger partial charge in [0.1, 0.15) is 0 Å². The van der Waals surface area contributed by atoms with Crippen LogP contribution in [0.25, 0.3) is 0 Å². The molecular weight excluding hydrogens is 521 g/mol. The van der Waals surface area contributed by atoms with Crippen LogP contribution in [0.15, 0.2) is 12.1 Å². The zero-order valence-electron chi connectivity index (χ0n) is 17.3. The summed E-state index contributed by atoms with van der Waals surface area (Å²) in [6.07, 6.45) is -0.504. The van der Waals surface area contributed by atoms with Gasteiger partial charge in [-0.2, -0.15) is 4.90 Å². The van der Waals surface area contributed by atoms with Crippen LogP contribution in [0, 0.1) is 27.2 Å². The molecule has 10 heteroatoms. The van der Waals surface area contributed by atoms with Crippen molar-refractivity contribution in [2.24, 2.45) is 23.7 Å². The highest BCUT2D eigenvalue weighted by atomic mass is 127. The lowest BCUT2D eigenvalue weighted by molar-refractivity contribution is -0.269. The molecule has 0 radical (unpaired) electrons. The zero-order valence-corrected chi connectivity index (χ0v) is 19.5. The maximum Gasteiger partial charge on any atom is 0.423 e. The van der Waals surface area contributed by atoms with Crippen molar-refractivity contribution in [2.45, 2.75) is 38.1 Å². The summed E-state index contributed by atoms with van der Waals surface area (Å²) < 4.78 is 16.6. The largest absolute Gasteiger partial charge is 0.504 e.